The average molecular weight is 326 g/mol. The summed E-state index contributed by atoms with van der Waals surface area (Å²) in [5.41, 5.74) is 3.30. The van der Waals surface area contributed by atoms with Crippen molar-refractivity contribution < 1.29 is 0 Å². The topological polar surface area (TPSA) is 42.7 Å². The van der Waals surface area contributed by atoms with Gasteiger partial charge in [-0.25, -0.2) is 9.67 Å². The normalized spacial score (nSPS) is 12.4. The monoisotopic (exact) mass is 326 g/mol. The second kappa shape index (κ2) is 7.53. The third-order valence-electron chi connectivity index (χ3n) is 3.78. The van der Waals surface area contributed by atoms with Crippen LogP contribution in [0.4, 0.5) is 0 Å². The molecule has 0 aliphatic carbocycles. The Balaban J connectivity index is 1.55. The molecule has 0 aliphatic heterocycles. The molecule has 0 spiro atoms. The van der Waals surface area contributed by atoms with Gasteiger partial charge < -0.3 is 5.32 Å². The zero-order chi connectivity index (χ0) is 16.1. The molecule has 0 fully saturated rings. The maximum Gasteiger partial charge on any atom is 0.110 e. The molecule has 0 saturated heterocycles. The number of aryl methyl sites for hydroxylation is 1. The third kappa shape index (κ3) is 4.06. The summed E-state index contributed by atoms with van der Waals surface area (Å²) >= 11 is 1.74. The first kappa shape index (κ1) is 15.9. The molecule has 3 aromatic rings. The first-order valence-corrected chi connectivity index (χ1v) is 8.89. The fraction of sp³-hybridized carbons (Fsp3) is 0.333. The predicted molar refractivity (Wildman–Crippen MR) is 95.2 cm³/mol. The number of benzene rings is 1. The fourth-order valence-electron chi connectivity index (χ4n) is 2.53. The summed E-state index contributed by atoms with van der Waals surface area (Å²) in [6.07, 6.45) is 3.98. The van der Waals surface area contributed by atoms with E-state index in [9.17, 15) is 0 Å². The van der Waals surface area contributed by atoms with Crippen molar-refractivity contribution in [2.75, 3.05) is 6.54 Å². The van der Waals surface area contributed by atoms with Gasteiger partial charge in [0.05, 0.1) is 17.4 Å². The lowest BCUT2D eigenvalue weighted by molar-refractivity contribution is 0.517. The van der Waals surface area contributed by atoms with Gasteiger partial charge in [0.2, 0.25) is 0 Å². The van der Waals surface area contributed by atoms with E-state index in [1.807, 2.05) is 36.0 Å². The standard InChI is InChI=1S/C18H22N4S/c1-3-17(18-20-14(2)13-23-18)19-11-9-15-10-12-22(21-15)16-7-5-4-6-8-16/h4-8,10,12-13,17,19H,3,9,11H2,1-2H3. The summed E-state index contributed by atoms with van der Waals surface area (Å²) in [6.45, 7) is 5.14. The molecule has 1 aromatic carbocycles. The minimum atomic E-state index is 0.338. The Labute approximate surface area is 141 Å². The van der Waals surface area contributed by atoms with Crippen molar-refractivity contribution in [1.29, 1.82) is 0 Å². The molecule has 0 saturated carbocycles. The van der Waals surface area contributed by atoms with Gasteiger partial charge in [-0.05, 0) is 31.5 Å². The van der Waals surface area contributed by atoms with Crippen LogP contribution in [0.5, 0.6) is 0 Å². The maximum absolute atomic E-state index is 4.64. The van der Waals surface area contributed by atoms with Crippen LogP contribution in [-0.2, 0) is 6.42 Å². The van der Waals surface area contributed by atoms with Gasteiger partial charge in [-0.2, -0.15) is 5.10 Å². The maximum atomic E-state index is 4.64. The van der Waals surface area contributed by atoms with E-state index in [0.717, 1.165) is 36.5 Å². The molecule has 0 bridgehead atoms. The van der Waals surface area contributed by atoms with Gasteiger partial charge in [0.1, 0.15) is 5.01 Å². The zero-order valence-electron chi connectivity index (χ0n) is 13.6. The van der Waals surface area contributed by atoms with Crippen LogP contribution < -0.4 is 5.32 Å². The van der Waals surface area contributed by atoms with Crippen LogP contribution in [0.25, 0.3) is 5.69 Å². The summed E-state index contributed by atoms with van der Waals surface area (Å²) in [4.78, 5) is 4.59. The van der Waals surface area contributed by atoms with E-state index < -0.39 is 0 Å². The van der Waals surface area contributed by atoms with Gasteiger partial charge in [-0.3, -0.25) is 0 Å². The quantitative estimate of drug-likeness (QED) is 0.715. The minimum absolute atomic E-state index is 0.338. The minimum Gasteiger partial charge on any atom is -0.308 e. The second-order valence-electron chi connectivity index (χ2n) is 5.58. The summed E-state index contributed by atoms with van der Waals surface area (Å²) in [5, 5.41) is 11.5. The molecule has 3 rings (SSSR count). The van der Waals surface area contributed by atoms with Gasteiger partial charge in [-0.1, -0.05) is 25.1 Å². The number of nitrogens with zero attached hydrogens (tertiary/aromatic N) is 3. The lowest BCUT2D eigenvalue weighted by Crippen LogP contribution is -2.23. The Bertz CT molecular complexity index is 732. The molecule has 2 heterocycles. The number of hydrogen-bond donors (Lipinski definition) is 1. The smallest absolute Gasteiger partial charge is 0.110 e. The Morgan fingerprint density at radius 1 is 1.22 bits per heavy atom. The summed E-state index contributed by atoms with van der Waals surface area (Å²) in [5.74, 6) is 0. The molecular weight excluding hydrogens is 304 g/mol. The SMILES string of the molecule is CCC(NCCc1ccn(-c2ccccc2)n1)c1nc(C)cs1. The van der Waals surface area contributed by atoms with E-state index in [2.05, 4.69) is 45.9 Å². The summed E-state index contributed by atoms with van der Waals surface area (Å²) in [7, 11) is 0. The third-order valence-corrected chi connectivity index (χ3v) is 4.86. The van der Waals surface area contributed by atoms with Gasteiger partial charge in [0.25, 0.3) is 0 Å². The van der Waals surface area contributed by atoms with Crippen LogP contribution in [0.1, 0.15) is 35.8 Å². The highest BCUT2D eigenvalue weighted by molar-refractivity contribution is 7.09. The number of hydrogen-bond acceptors (Lipinski definition) is 4. The van der Waals surface area contributed by atoms with Crippen LogP contribution in [0.15, 0.2) is 48.0 Å². The van der Waals surface area contributed by atoms with E-state index in [1.165, 1.54) is 5.01 Å². The van der Waals surface area contributed by atoms with Gasteiger partial charge in [0.15, 0.2) is 0 Å². The molecule has 0 aliphatic rings. The first-order chi connectivity index (χ1) is 11.3. The molecule has 2 aromatic heterocycles. The molecule has 1 unspecified atom stereocenters. The van der Waals surface area contributed by atoms with Gasteiger partial charge in [-0.15, -0.1) is 11.3 Å². The number of rotatable bonds is 7. The molecule has 0 radical (unpaired) electrons. The zero-order valence-corrected chi connectivity index (χ0v) is 14.4. The lowest BCUT2D eigenvalue weighted by atomic mass is 10.2. The summed E-state index contributed by atoms with van der Waals surface area (Å²) in [6, 6.07) is 12.6. The Hall–Kier alpha value is -1.98. The lowest BCUT2D eigenvalue weighted by Gasteiger charge is -2.13. The molecule has 4 nitrogen and oxygen atoms in total. The van der Waals surface area contributed by atoms with Crippen LogP contribution in [0.2, 0.25) is 0 Å². The van der Waals surface area contributed by atoms with Crippen LogP contribution in [-0.4, -0.2) is 21.3 Å². The van der Waals surface area contributed by atoms with E-state index in [0.29, 0.717) is 6.04 Å². The van der Waals surface area contributed by atoms with Crippen LogP contribution in [0, 0.1) is 6.92 Å². The Kier molecular flexibility index (Phi) is 5.20. The number of para-hydroxylation sites is 1. The summed E-state index contributed by atoms with van der Waals surface area (Å²) < 4.78 is 1.93. The van der Waals surface area contributed by atoms with Crippen LogP contribution >= 0.6 is 11.3 Å². The predicted octanol–water partition coefficient (Wildman–Crippen LogP) is 3.92. The molecule has 1 atom stereocenters. The van der Waals surface area contributed by atoms with Gasteiger partial charge in [0, 0.05) is 30.2 Å². The van der Waals surface area contributed by atoms with Crippen molar-refractivity contribution >= 4 is 11.3 Å². The molecule has 5 heteroatoms. The largest absolute Gasteiger partial charge is 0.308 e. The van der Waals surface area contributed by atoms with Crippen molar-refractivity contribution in [2.24, 2.45) is 0 Å². The number of aromatic nitrogens is 3. The van der Waals surface area contributed by atoms with Crippen molar-refractivity contribution in [3.8, 4) is 5.69 Å². The highest BCUT2D eigenvalue weighted by Gasteiger charge is 2.12. The Morgan fingerprint density at radius 3 is 2.74 bits per heavy atom. The molecule has 1 N–H and O–H groups in total. The van der Waals surface area contributed by atoms with Crippen molar-refractivity contribution in [1.82, 2.24) is 20.1 Å². The van der Waals surface area contributed by atoms with E-state index in [4.69, 9.17) is 0 Å². The van der Waals surface area contributed by atoms with Gasteiger partial charge >= 0.3 is 0 Å². The number of nitrogens with one attached hydrogen (secondary N) is 1. The average Bonchev–Trinajstić information content (AvgIpc) is 3.22. The highest BCUT2D eigenvalue weighted by atomic mass is 32.1. The van der Waals surface area contributed by atoms with Crippen molar-refractivity contribution in [3.63, 3.8) is 0 Å². The highest BCUT2D eigenvalue weighted by Crippen LogP contribution is 2.20. The van der Waals surface area contributed by atoms with E-state index >= 15 is 0 Å². The molecule has 0 amide bonds. The first-order valence-electron chi connectivity index (χ1n) is 8.01. The molecule has 120 valence electrons. The van der Waals surface area contributed by atoms with Crippen LogP contribution in [0.3, 0.4) is 0 Å². The Morgan fingerprint density at radius 2 is 2.04 bits per heavy atom. The molecule has 23 heavy (non-hydrogen) atoms. The fourth-order valence-corrected chi connectivity index (χ4v) is 3.49. The van der Waals surface area contributed by atoms with E-state index in [-0.39, 0.29) is 0 Å². The second-order valence-corrected chi connectivity index (χ2v) is 6.47. The van der Waals surface area contributed by atoms with Crippen molar-refractivity contribution in [2.45, 2.75) is 32.7 Å². The van der Waals surface area contributed by atoms with E-state index in [1.54, 1.807) is 11.3 Å². The number of thiazole rings is 1. The molecular formula is C18H22N4S. The van der Waals surface area contributed by atoms with Crippen molar-refractivity contribution in [3.05, 3.63) is 64.4 Å².